The Kier molecular flexibility index (Phi) is 6.38. The number of amides is 2. The van der Waals surface area contributed by atoms with E-state index in [9.17, 15) is 9.59 Å². The van der Waals surface area contributed by atoms with Crippen molar-refractivity contribution in [3.05, 3.63) is 101 Å². The maximum atomic E-state index is 13.1. The van der Waals surface area contributed by atoms with Crippen molar-refractivity contribution in [3.63, 3.8) is 0 Å². The summed E-state index contributed by atoms with van der Waals surface area (Å²) in [5.41, 5.74) is 3.36. The number of benzene rings is 3. The van der Waals surface area contributed by atoms with E-state index in [-0.39, 0.29) is 17.6 Å². The number of carbonyl (C=O) groups is 2. The van der Waals surface area contributed by atoms with Gasteiger partial charge in [-0.05, 0) is 30.0 Å². The summed E-state index contributed by atoms with van der Waals surface area (Å²) in [5.74, 6) is 0.297. The van der Waals surface area contributed by atoms with E-state index in [0.29, 0.717) is 29.1 Å². The third-order valence-electron chi connectivity index (χ3n) is 4.91. The maximum Gasteiger partial charge on any atom is 0.291 e. The lowest BCUT2D eigenvalue weighted by Gasteiger charge is -2.11. The van der Waals surface area contributed by atoms with E-state index in [1.165, 1.54) is 0 Å². The molecule has 0 aliphatic rings. The molecule has 0 fully saturated rings. The van der Waals surface area contributed by atoms with Crippen LogP contribution in [0.25, 0.3) is 11.0 Å². The normalized spacial score (nSPS) is 10.7. The molecule has 5 nitrogen and oxygen atoms in total. The van der Waals surface area contributed by atoms with Gasteiger partial charge in [0.15, 0.2) is 5.76 Å². The third kappa shape index (κ3) is 4.64. The SMILES string of the molecule is CSCc1c(C(=O)Nc2ccccc2C(=O)NCc2ccccc2)oc2ccccc12. The Labute approximate surface area is 184 Å². The highest BCUT2D eigenvalue weighted by atomic mass is 32.2. The van der Waals surface area contributed by atoms with Crippen molar-refractivity contribution >= 4 is 40.2 Å². The molecule has 0 atom stereocenters. The van der Waals surface area contributed by atoms with Crippen LogP contribution in [0.2, 0.25) is 0 Å². The zero-order chi connectivity index (χ0) is 21.6. The zero-order valence-electron chi connectivity index (χ0n) is 17.1. The lowest BCUT2D eigenvalue weighted by molar-refractivity contribution is 0.0952. The number of para-hydroxylation sites is 2. The molecule has 0 radical (unpaired) electrons. The van der Waals surface area contributed by atoms with Gasteiger partial charge in [0, 0.05) is 23.2 Å². The molecule has 31 heavy (non-hydrogen) atoms. The van der Waals surface area contributed by atoms with Crippen LogP contribution in [0.5, 0.6) is 0 Å². The number of carbonyl (C=O) groups excluding carboxylic acids is 2. The van der Waals surface area contributed by atoms with Crippen molar-refractivity contribution < 1.29 is 14.0 Å². The van der Waals surface area contributed by atoms with Gasteiger partial charge >= 0.3 is 0 Å². The van der Waals surface area contributed by atoms with Gasteiger partial charge in [-0.1, -0.05) is 60.7 Å². The van der Waals surface area contributed by atoms with E-state index in [2.05, 4.69) is 10.6 Å². The Balaban J connectivity index is 1.56. The average molecular weight is 431 g/mol. The summed E-state index contributed by atoms with van der Waals surface area (Å²) < 4.78 is 5.87. The molecule has 0 spiro atoms. The molecule has 2 N–H and O–H groups in total. The van der Waals surface area contributed by atoms with Crippen molar-refractivity contribution in [3.8, 4) is 0 Å². The van der Waals surface area contributed by atoms with Gasteiger partial charge in [0.2, 0.25) is 0 Å². The van der Waals surface area contributed by atoms with Crippen molar-refractivity contribution in [2.45, 2.75) is 12.3 Å². The molecule has 0 aliphatic carbocycles. The monoisotopic (exact) mass is 430 g/mol. The Morgan fingerprint density at radius 3 is 2.39 bits per heavy atom. The molecule has 3 aromatic carbocycles. The molecule has 0 bridgehead atoms. The molecular formula is C25H22N2O3S. The number of nitrogens with one attached hydrogen (secondary N) is 2. The van der Waals surface area contributed by atoms with Crippen LogP contribution >= 0.6 is 11.8 Å². The molecule has 0 unspecified atom stereocenters. The van der Waals surface area contributed by atoms with Gasteiger partial charge in [-0.2, -0.15) is 11.8 Å². The molecule has 4 aromatic rings. The van der Waals surface area contributed by atoms with Crippen LogP contribution in [-0.4, -0.2) is 18.1 Å². The zero-order valence-corrected chi connectivity index (χ0v) is 17.9. The molecule has 156 valence electrons. The quantitative estimate of drug-likeness (QED) is 0.407. The molecule has 6 heteroatoms. The Hall–Kier alpha value is -3.51. The fraction of sp³-hybridized carbons (Fsp3) is 0.120. The number of rotatable bonds is 7. The number of hydrogen-bond acceptors (Lipinski definition) is 4. The van der Waals surface area contributed by atoms with Crippen LogP contribution in [0, 0.1) is 0 Å². The van der Waals surface area contributed by atoms with E-state index in [4.69, 9.17) is 4.42 Å². The second-order valence-corrected chi connectivity index (χ2v) is 7.87. The summed E-state index contributed by atoms with van der Waals surface area (Å²) in [7, 11) is 0. The van der Waals surface area contributed by atoms with Gasteiger partial charge in [0.05, 0.1) is 11.3 Å². The summed E-state index contributed by atoms with van der Waals surface area (Å²) in [4.78, 5) is 25.9. The highest BCUT2D eigenvalue weighted by Crippen LogP contribution is 2.29. The number of fused-ring (bicyclic) bond motifs is 1. The average Bonchev–Trinajstić information content (AvgIpc) is 3.17. The Morgan fingerprint density at radius 2 is 1.58 bits per heavy atom. The second kappa shape index (κ2) is 9.53. The number of anilines is 1. The summed E-state index contributed by atoms with van der Waals surface area (Å²) in [6, 6.07) is 24.2. The fourth-order valence-corrected chi connectivity index (χ4v) is 3.99. The van der Waals surface area contributed by atoms with Gasteiger partial charge < -0.3 is 15.1 Å². The first-order valence-corrected chi connectivity index (χ1v) is 11.3. The number of furan rings is 1. The van der Waals surface area contributed by atoms with E-state index in [1.807, 2.05) is 60.9 Å². The standard InChI is InChI=1S/C25H22N2O3S/c1-31-16-20-18-11-6-8-14-22(18)30-23(20)25(29)27-21-13-7-5-12-19(21)24(28)26-15-17-9-3-2-4-10-17/h2-14H,15-16H2,1H3,(H,26,28)(H,27,29). The molecule has 1 heterocycles. The summed E-state index contributed by atoms with van der Waals surface area (Å²) in [5, 5.41) is 6.69. The topological polar surface area (TPSA) is 71.3 Å². The van der Waals surface area contributed by atoms with Gasteiger partial charge in [-0.25, -0.2) is 0 Å². The fourth-order valence-electron chi connectivity index (χ4n) is 3.41. The van der Waals surface area contributed by atoms with Gasteiger partial charge in [0.1, 0.15) is 5.58 Å². The van der Waals surface area contributed by atoms with Crippen LogP contribution < -0.4 is 10.6 Å². The van der Waals surface area contributed by atoms with E-state index < -0.39 is 0 Å². The largest absolute Gasteiger partial charge is 0.451 e. The lowest BCUT2D eigenvalue weighted by atomic mass is 10.1. The van der Waals surface area contributed by atoms with Crippen LogP contribution in [0.4, 0.5) is 5.69 Å². The first kappa shape index (κ1) is 20.8. The van der Waals surface area contributed by atoms with Gasteiger partial charge in [-0.3, -0.25) is 9.59 Å². The first-order chi connectivity index (χ1) is 15.2. The van der Waals surface area contributed by atoms with E-state index in [0.717, 1.165) is 16.5 Å². The van der Waals surface area contributed by atoms with Crippen molar-refractivity contribution in [1.82, 2.24) is 5.32 Å². The van der Waals surface area contributed by atoms with Crippen molar-refractivity contribution in [1.29, 1.82) is 0 Å². The molecule has 0 aliphatic heterocycles. The minimum atomic E-state index is -0.372. The Bertz CT molecular complexity index is 1220. The highest BCUT2D eigenvalue weighted by Gasteiger charge is 2.22. The second-order valence-electron chi connectivity index (χ2n) is 7.01. The number of thioether (sulfide) groups is 1. The minimum Gasteiger partial charge on any atom is -0.451 e. The van der Waals surface area contributed by atoms with Gasteiger partial charge in [-0.15, -0.1) is 0 Å². The van der Waals surface area contributed by atoms with Crippen molar-refractivity contribution in [2.24, 2.45) is 0 Å². The molecule has 0 saturated carbocycles. The first-order valence-electron chi connectivity index (χ1n) is 9.89. The van der Waals surface area contributed by atoms with E-state index >= 15 is 0 Å². The smallest absolute Gasteiger partial charge is 0.291 e. The highest BCUT2D eigenvalue weighted by molar-refractivity contribution is 7.97. The van der Waals surface area contributed by atoms with Crippen LogP contribution in [0.15, 0.2) is 83.3 Å². The van der Waals surface area contributed by atoms with Gasteiger partial charge in [0.25, 0.3) is 11.8 Å². The number of hydrogen-bond donors (Lipinski definition) is 2. The Morgan fingerprint density at radius 1 is 0.871 bits per heavy atom. The van der Waals surface area contributed by atoms with E-state index in [1.54, 1.807) is 36.0 Å². The van der Waals surface area contributed by atoms with Crippen LogP contribution in [-0.2, 0) is 12.3 Å². The maximum absolute atomic E-state index is 13.1. The molecule has 4 rings (SSSR count). The summed E-state index contributed by atoms with van der Waals surface area (Å²) in [6.07, 6.45) is 1.98. The van der Waals surface area contributed by atoms with Crippen LogP contribution in [0.3, 0.4) is 0 Å². The summed E-state index contributed by atoms with van der Waals surface area (Å²) in [6.45, 7) is 0.406. The minimum absolute atomic E-state index is 0.256. The van der Waals surface area contributed by atoms with Crippen molar-refractivity contribution in [2.75, 3.05) is 11.6 Å². The molecule has 0 saturated heterocycles. The summed E-state index contributed by atoms with van der Waals surface area (Å²) >= 11 is 1.62. The van der Waals surface area contributed by atoms with Crippen LogP contribution in [0.1, 0.15) is 32.0 Å². The predicted octanol–water partition coefficient (Wildman–Crippen LogP) is 5.48. The molecule has 1 aromatic heterocycles. The molecule has 2 amide bonds. The lowest BCUT2D eigenvalue weighted by Crippen LogP contribution is -2.25. The molecular weight excluding hydrogens is 408 g/mol. The third-order valence-corrected chi connectivity index (χ3v) is 5.49. The predicted molar refractivity (Wildman–Crippen MR) is 125 cm³/mol.